The first-order valence-electron chi connectivity index (χ1n) is 9.61. The molecule has 25 heavy (non-hydrogen) atoms. The summed E-state index contributed by atoms with van der Waals surface area (Å²) in [4.78, 5) is 0. The Kier molecular flexibility index (Phi) is 5.61. The van der Waals surface area contributed by atoms with Crippen molar-refractivity contribution in [1.29, 1.82) is 0 Å². The maximum absolute atomic E-state index is 12.5. The lowest BCUT2D eigenvalue weighted by molar-refractivity contribution is 0.128. The van der Waals surface area contributed by atoms with E-state index in [2.05, 4.69) is 26.1 Å². The molecule has 0 spiro atoms. The highest BCUT2D eigenvalue weighted by Crippen LogP contribution is 2.38. The summed E-state index contributed by atoms with van der Waals surface area (Å²) in [5.41, 5.74) is 0.283. The molecule has 0 aromatic carbocycles. The Labute approximate surface area is 152 Å². The maximum atomic E-state index is 12.5. The number of hydrogen-bond acceptors (Lipinski definition) is 4. The highest BCUT2D eigenvalue weighted by Gasteiger charge is 2.34. The van der Waals surface area contributed by atoms with Gasteiger partial charge in [0.05, 0.1) is 6.54 Å². The van der Waals surface area contributed by atoms with Crippen molar-refractivity contribution >= 4 is 10.0 Å². The minimum Gasteiger partial charge on any atom is -0.447 e. The highest BCUT2D eigenvalue weighted by molar-refractivity contribution is 7.89. The summed E-state index contributed by atoms with van der Waals surface area (Å²) < 4.78 is 32.3. The molecule has 2 heterocycles. The third-order valence-corrected chi connectivity index (χ3v) is 7.49. The summed E-state index contributed by atoms with van der Waals surface area (Å²) in [6.45, 7) is 8.73. The zero-order chi connectivity index (χ0) is 18.1. The fourth-order valence-electron chi connectivity index (χ4n) is 4.29. The number of hydrogen-bond donors (Lipinski definition) is 1. The van der Waals surface area contributed by atoms with E-state index in [1.165, 1.54) is 30.0 Å². The van der Waals surface area contributed by atoms with Crippen molar-refractivity contribution in [2.24, 2.45) is 11.3 Å². The molecule has 1 aliphatic heterocycles. The lowest BCUT2D eigenvalue weighted by Gasteiger charge is -2.40. The van der Waals surface area contributed by atoms with Gasteiger partial charge in [0.2, 0.25) is 5.09 Å². The first-order valence-corrected chi connectivity index (χ1v) is 11.0. The third kappa shape index (κ3) is 4.29. The number of nitrogens with zero attached hydrogens (tertiary/aromatic N) is 1. The first-order chi connectivity index (χ1) is 11.8. The number of furan rings is 1. The van der Waals surface area contributed by atoms with Crippen LogP contribution in [0.2, 0.25) is 0 Å². The minimum atomic E-state index is -3.46. The predicted octanol–water partition coefficient (Wildman–Crippen LogP) is 3.76. The number of sulfonamides is 1. The van der Waals surface area contributed by atoms with Gasteiger partial charge in [0.25, 0.3) is 10.0 Å². The van der Waals surface area contributed by atoms with Gasteiger partial charge in [-0.1, -0.05) is 33.6 Å². The van der Waals surface area contributed by atoms with Crippen molar-refractivity contribution in [2.45, 2.75) is 77.0 Å². The molecule has 1 aromatic rings. The Bertz CT molecular complexity index is 669. The van der Waals surface area contributed by atoms with Crippen molar-refractivity contribution in [1.82, 2.24) is 9.62 Å². The van der Waals surface area contributed by atoms with Crippen LogP contribution < -0.4 is 5.32 Å². The molecule has 1 aromatic heterocycles. The van der Waals surface area contributed by atoms with Crippen LogP contribution in [-0.2, 0) is 16.6 Å². The van der Waals surface area contributed by atoms with E-state index in [9.17, 15) is 8.42 Å². The summed E-state index contributed by atoms with van der Waals surface area (Å²) in [7, 11) is -3.46. The average molecular weight is 369 g/mol. The normalized spacial score (nSPS) is 26.2. The molecule has 1 saturated carbocycles. The molecule has 0 radical (unpaired) electrons. The molecule has 1 N–H and O–H groups in total. The third-order valence-electron chi connectivity index (χ3n) is 5.71. The highest BCUT2D eigenvalue weighted by atomic mass is 32.2. The zero-order valence-electron chi connectivity index (χ0n) is 15.8. The lowest BCUT2D eigenvalue weighted by atomic mass is 9.69. The second kappa shape index (κ2) is 7.41. The lowest BCUT2D eigenvalue weighted by Crippen LogP contribution is -2.43. The van der Waals surface area contributed by atoms with Gasteiger partial charge < -0.3 is 9.73 Å². The molecule has 1 aliphatic carbocycles. The van der Waals surface area contributed by atoms with Crippen LogP contribution in [0.4, 0.5) is 0 Å². The topological polar surface area (TPSA) is 62.6 Å². The Hall–Kier alpha value is -0.850. The van der Waals surface area contributed by atoms with Crippen LogP contribution >= 0.6 is 0 Å². The smallest absolute Gasteiger partial charge is 0.276 e. The van der Waals surface area contributed by atoms with E-state index >= 15 is 0 Å². The molecule has 2 fully saturated rings. The monoisotopic (exact) mass is 368 g/mol. The molecule has 142 valence electrons. The van der Waals surface area contributed by atoms with Gasteiger partial charge >= 0.3 is 0 Å². The molecule has 0 bridgehead atoms. The van der Waals surface area contributed by atoms with E-state index in [0.29, 0.717) is 37.4 Å². The van der Waals surface area contributed by atoms with Crippen LogP contribution in [0, 0.1) is 11.3 Å². The van der Waals surface area contributed by atoms with Gasteiger partial charge in [-0.3, -0.25) is 0 Å². The first kappa shape index (κ1) is 18.9. The van der Waals surface area contributed by atoms with Crippen molar-refractivity contribution in [3.05, 3.63) is 17.9 Å². The van der Waals surface area contributed by atoms with Crippen molar-refractivity contribution < 1.29 is 12.8 Å². The van der Waals surface area contributed by atoms with E-state index < -0.39 is 10.0 Å². The Morgan fingerprint density at radius 3 is 2.48 bits per heavy atom. The largest absolute Gasteiger partial charge is 0.447 e. The molecule has 1 saturated heterocycles. The average Bonchev–Trinajstić information content (AvgIpc) is 3.24. The zero-order valence-corrected chi connectivity index (χ0v) is 16.6. The second-order valence-corrected chi connectivity index (χ2v) is 10.4. The molecule has 2 unspecified atom stereocenters. The summed E-state index contributed by atoms with van der Waals surface area (Å²) in [5, 5.41) is 3.71. The molecule has 3 rings (SSSR count). The van der Waals surface area contributed by atoms with Crippen molar-refractivity contribution in [2.75, 3.05) is 13.1 Å². The van der Waals surface area contributed by atoms with Crippen LogP contribution in [0.25, 0.3) is 0 Å². The van der Waals surface area contributed by atoms with Crippen LogP contribution in [0.5, 0.6) is 0 Å². The van der Waals surface area contributed by atoms with Gasteiger partial charge in [-0.05, 0) is 49.1 Å². The second-order valence-electron chi connectivity index (χ2n) is 8.58. The summed E-state index contributed by atoms with van der Waals surface area (Å²) in [5.74, 6) is 1.35. The van der Waals surface area contributed by atoms with Gasteiger partial charge in [0, 0.05) is 19.1 Å². The van der Waals surface area contributed by atoms with E-state index in [0.717, 1.165) is 12.8 Å². The number of rotatable bonds is 5. The molecule has 6 heteroatoms. The fourth-order valence-corrected chi connectivity index (χ4v) is 5.74. The Morgan fingerprint density at radius 2 is 1.80 bits per heavy atom. The van der Waals surface area contributed by atoms with E-state index in [4.69, 9.17) is 4.42 Å². The molecular formula is C19H32N2O3S. The van der Waals surface area contributed by atoms with Gasteiger partial charge in [-0.15, -0.1) is 0 Å². The number of nitrogens with one attached hydrogen (secondary N) is 1. The molecule has 5 nitrogen and oxygen atoms in total. The van der Waals surface area contributed by atoms with E-state index in [1.54, 1.807) is 12.1 Å². The summed E-state index contributed by atoms with van der Waals surface area (Å²) in [6.07, 6.45) is 6.88. The molecule has 2 aliphatic rings. The van der Waals surface area contributed by atoms with Gasteiger partial charge in [0.15, 0.2) is 0 Å². The fraction of sp³-hybridized carbons (Fsp3) is 0.789. The van der Waals surface area contributed by atoms with Crippen molar-refractivity contribution in [3.63, 3.8) is 0 Å². The van der Waals surface area contributed by atoms with Crippen molar-refractivity contribution in [3.8, 4) is 0 Å². The minimum absolute atomic E-state index is 0.0854. The molecule has 2 atom stereocenters. The van der Waals surface area contributed by atoms with Crippen LogP contribution in [0.15, 0.2) is 21.6 Å². The van der Waals surface area contributed by atoms with Gasteiger partial charge in [0.1, 0.15) is 5.76 Å². The predicted molar refractivity (Wildman–Crippen MR) is 98.7 cm³/mol. The SMILES string of the molecule is CC(C)(C)C1CCCCC1NCc1ccc(S(=O)(=O)N2CCCC2)o1. The van der Waals surface area contributed by atoms with Crippen LogP contribution in [0.1, 0.15) is 65.1 Å². The quantitative estimate of drug-likeness (QED) is 0.859. The van der Waals surface area contributed by atoms with E-state index in [1.807, 2.05) is 0 Å². The van der Waals surface area contributed by atoms with Gasteiger partial charge in [-0.2, -0.15) is 4.31 Å². The maximum Gasteiger partial charge on any atom is 0.276 e. The molecule has 0 amide bonds. The Morgan fingerprint density at radius 1 is 1.12 bits per heavy atom. The molecular weight excluding hydrogens is 336 g/mol. The van der Waals surface area contributed by atoms with Crippen LogP contribution in [-0.4, -0.2) is 31.9 Å². The Balaban J connectivity index is 1.63. The summed E-state index contributed by atoms with van der Waals surface area (Å²) in [6, 6.07) is 3.87. The standard InChI is InChI=1S/C19H32N2O3S/c1-19(2,3)16-8-4-5-9-17(16)20-14-15-10-11-18(24-15)25(22,23)21-12-6-7-13-21/h10-11,16-17,20H,4-9,12-14H2,1-3H3. The summed E-state index contributed by atoms with van der Waals surface area (Å²) >= 11 is 0. The van der Waals surface area contributed by atoms with E-state index in [-0.39, 0.29) is 10.5 Å². The van der Waals surface area contributed by atoms with Crippen LogP contribution in [0.3, 0.4) is 0 Å². The van der Waals surface area contributed by atoms with Gasteiger partial charge in [-0.25, -0.2) is 8.42 Å².